The van der Waals surface area contributed by atoms with Gasteiger partial charge < -0.3 is 5.32 Å². The van der Waals surface area contributed by atoms with Crippen LogP contribution in [-0.2, 0) is 12.8 Å². The first kappa shape index (κ1) is 17.0. The van der Waals surface area contributed by atoms with Gasteiger partial charge >= 0.3 is 0 Å². The topological polar surface area (TPSA) is 24.9 Å². The van der Waals surface area contributed by atoms with Gasteiger partial charge in [0.2, 0.25) is 0 Å². The van der Waals surface area contributed by atoms with Crippen LogP contribution in [0.2, 0.25) is 0 Å². The van der Waals surface area contributed by atoms with Gasteiger partial charge in [-0.15, -0.1) is 11.3 Å². The van der Waals surface area contributed by atoms with Crippen LogP contribution in [0.3, 0.4) is 0 Å². The van der Waals surface area contributed by atoms with Crippen molar-refractivity contribution in [3.8, 4) is 0 Å². The van der Waals surface area contributed by atoms with Crippen LogP contribution in [0.1, 0.15) is 93.8 Å². The predicted molar refractivity (Wildman–Crippen MR) is 93.1 cm³/mol. The summed E-state index contributed by atoms with van der Waals surface area (Å²) in [4.78, 5) is 6.54. The molecular weight excluding hydrogens is 276 g/mol. The van der Waals surface area contributed by atoms with Crippen molar-refractivity contribution in [1.29, 1.82) is 0 Å². The fraction of sp³-hybridized carbons (Fsp3) is 0.833. The molecule has 0 amide bonds. The van der Waals surface area contributed by atoms with Crippen LogP contribution >= 0.6 is 11.3 Å². The van der Waals surface area contributed by atoms with Gasteiger partial charge in [0, 0.05) is 10.9 Å². The lowest BCUT2D eigenvalue weighted by molar-refractivity contribution is 0.430. The molecule has 0 aromatic carbocycles. The minimum atomic E-state index is 0.474. The number of nitrogens with one attached hydrogen (secondary N) is 1. The Morgan fingerprint density at radius 2 is 1.86 bits per heavy atom. The lowest BCUT2D eigenvalue weighted by Crippen LogP contribution is -2.28. The van der Waals surface area contributed by atoms with Gasteiger partial charge in [0.25, 0.3) is 0 Å². The number of fused-ring (bicyclic) bond motifs is 1. The first-order valence-electron chi connectivity index (χ1n) is 8.95. The fourth-order valence-electron chi connectivity index (χ4n) is 3.15. The summed E-state index contributed by atoms with van der Waals surface area (Å²) in [6.45, 7) is 6.78. The quantitative estimate of drug-likeness (QED) is 0.616. The molecule has 3 heteroatoms. The molecule has 1 heterocycles. The molecular formula is C18H32N2S. The van der Waals surface area contributed by atoms with E-state index in [1.807, 2.05) is 11.3 Å². The third kappa shape index (κ3) is 5.37. The molecule has 1 aliphatic rings. The van der Waals surface area contributed by atoms with Crippen molar-refractivity contribution in [3.05, 3.63) is 15.6 Å². The Hall–Kier alpha value is -0.410. The Labute approximate surface area is 134 Å². The van der Waals surface area contributed by atoms with E-state index in [2.05, 4.69) is 26.1 Å². The van der Waals surface area contributed by atoms with Crippen LogP contribution in [0.4, 0.5) is 0 Å². The number of aromatic nitrogens is 1. The summed E-state index contributed by atoms with van der Waals surface area (Å²) in [6, 6.07) is 1.01. The van der Waals surface area contributed by atoms with Crippen molar-refractivity contribution >= 4 is 11.3 Å². The van der Waals surface area contributed by atoms with Gasteiger partial charge in [-0.05, 0) is 32.1 Å². The van der Waals surface area contributed by atoms with E-state index in [4.69, 9.17) is 4.98 Å². The molecule has 2 nitrogen and oxygen atoms in total. The highest BCUT2D eigenvalue weighted by molar-refractivity contribution is 7.11. The molecule has 0 spiro atoms. The number of rotatable bonds is 9. The number of unbranched alkanes of at least 4 members (excludes halogenated alkanes) is 4. The molecule has 1 atom stereocenters. The van der Waals surface area contributed by atoms with E-state index in [1.54, 1.807) is 4.88 Å². The second-order valence-corrected chi connectivity index (χ2v) is 7.82. The van der Waals surface area contributed by atoms with Gasteiger partial charge in [0.1, 0.15) is 5.01 Å². The summed E-state index contributed by atoms with van der Waals surface area (Å²) < 4.78 is 0. The summed E-state index contributed by atoms with van der Waals surface area (Å²) in [5.74, 6) is 0. The number of hydrogen-bond donors (Lipinski definition) is 1. The van der Waals surface area contributed by atoms with Crippen LogP contribution in [0.15, 0.2) is 0 Å². The van der Waals surface area contributed by atoms with Crippen molar-refractivity contribution in [2.75, 3.05) is 0 Å². The van der Waals surface area contributed by atoms with Gasteiger partial charge in [-0.25, -0.2) is 4.98 Å². The largest absolute Gasteiger partial charge is 0.306 e. The summed E-state index contributed by atoms with van der Waals surface area (Å²) in [5, 5.41) is 5.10. The molecule has 120 valence electrons. The molecule has 0 fully saturated rings. The molecule has 0 aliphatic heterocycles. The Kier molecular flexibility index (Phi) is 7.18. The van der Waals surface area contributed by atoms with Gasteiger partial charge in [-0.1, -0.05) is 52.9 Å². The Morgan fingerprint density at radius 3 is 2.57 bits per heavy atom. The molecule has 1 aliphatic carbocycles. The maximum atomic E-state index is 4.98. The van der Waals surface area contributed by atoms with Crippen molar-refractivity contribution < 1.29 is 0 Å². The monoisotopic (exact) mass is 308 g/mol. The van der Waals surface area contributed by atoms with E-state index in [9.17, 15) is 0 Å². The standard InChI is InChI=1S/C18H32N2S/c1-4-5-6-7-8-12-16(19-14(2)3)18-20-15-11-9-10-13-17(15)21-18/h14,16,19H,4-13H2,1-3H3. The molecule has 21 heavy (non-hydrogen) atoms. The smallest absolute Gasteiger partial charge is 0.110 e. The predicted octanol–water partition coefficient (Wildman–Crippen LogP) is 5.42. The SMILES string of the molecule is CCCCCCCC(NC(C)C)c1nc2c(s1)CCCC2. The van der Waals surface area contributed by atoms with Crippen LogP contribution in [0, 0.1) is 0 Å². The normalized spacial score (nSPS) is 16.2. The van der Waals surface area contributed by atoms with Crippen molar-refractivity contribution in [1.82, 2.24) is 10.3 Å². The molecule has 1 aromatic heterocycles. The van der Waals surface area contributed by atoms with Gasteiger partial charge in [-0.2, -0.15) is 0 Å². The number of aryl methyl sites for hydroxylation is 2. The Balaban J connectivity index is 1.93. The second kappa shape index (κ2) is 8.89. The van der Waals surface area contributed by atoms with Crippen molar-refractivity contribution in [2.45, 2.75) is 97.1 Å². The molecule has 0 saturated carbocycles. The van der Waals surface area contributed by atoms with Crippen LogP contribution in [-0.4, -0.2) is 11.0 Å². The third-order valence-electron chi connectivity index (χ3n) is 4.29. The van der Waals surface area contributed by atoms with E-state index < -0.39 is 0 Å². The van der Waals surface area contributed by atoms with E-state index in [-0.39, 0.29) is 0 Å². The molecule has 2 rings (SSSR count). The summed E-state index contributed by atoms with van der Waals surface area (Å²) >= 11 is 1.98. The summed E-state index contributed by atoms with van der Waals surface area (Å²) in [5.41, 5.74) is 1.41. The highest BCUT2D eigenvalue weighted by atomic mass is 32.1. The minimum absolute atomic E-state index is 0.474. The molecule has 1 N–H and O–H groups in total. The lowest BCUT2D eigenvalue weighted by Gasteiger charge is -2.19. The van der Waals surface area contributed by atoms with E-state index in [0.29, 0.717) is 12.1 Å². The Morgan fingerprint density at radius 1 is 1.10 bits per heavy atom. The lowest BCUT2D eigenvalue weighted by atomic mass is 10.0. The zero-order valence-corrected chi connectivity index (χ0v) is 14.9. The highest BCUT2D eigenvalue weighted by Crippen LogP contribution is 2.32. The second-order valence-electron chi connectivity index (χ2n) is 6.71. The number of hydrogen-bond acceptors (Lipinski definition) is 3. The van der Waals surface area contributed by atoms with Crippen LogP contribution in [0.5, 0.6) is 0 Å². The Bertz CT molecular complexity index is 388. The average Bonchev–Trinajstić information content (AvgIpc) is 2.89. The van der Waals surface area contributed by atoms with Crippen molar-refractivity contribution in [3.63, 3.8) is 0 Å². The number of thiazole rings is 1. The fourth-order valence-corrected chi connectivity index (χ4v) is 4.40. The molecule has 1 aromatic rings. The molecule has 0 bridgehead atoms. The number of nitrogens with zero attached hydrogens (tertiary/aromatic N) is 1. The van der Waals surface area contributed by atoms with E-state index in [0.717, 1.165) is 0 Å². The van der Waals surface area contributed by atoms with Crippen LogP contribution < -0.4 is 5.32 Å². The zero-order chi connectivity index (χ0) is 15.1. The summed E-state index contributed by atoms with van der Waals surface area (Å²) in [6.07, 6.45) is 13.2. The zero-order valence-electron chi connectivity index (χ0n) is 14.1. The van der Waals surface area contributed by atoms with E-state index in [1.165, 1.54) is 74.9 Å². The highest BCUT2D eigenvalue weighted by Gasteiger charge is 2.21. The van der Waals surface area contributed by atoms with Gasteiger partial charge in [-0.3, -0.25) is 0 Å². The molecule has 0 radical (unpaired) electrons. The first-order chi connectivity index (χ1) is 10.2. The first-order valence-corrected chi connectivity index (χ1v) is 9.77. The van der Waals surface area contributed by atoms with E-state index >= 15 is 0 Å². The van der Waals surface area contributed by atoms with Crippen LogP contribution in [0.25, 0.3) is 0 Å². The average molecular weight is 309 g/mol. The van der Waals surface area contributed by atoms with Gasteiger partial charge in [0.05, 0.1) is 11.7 Å². The third-order valence-corrected chi connectivity index (χ3v) is 5.56. The summed E-state index contributed by atoms with van der Waals surface area (Å²) in [7, 11) is 0. The maximum absolute atomic E-state index is 4.98. The van der Waals surface area contributed by atoms with Crippen molar-refractivity contribution in [2.24, 2.45) is 0 Å². The maximum Gasteiger partial charge on any atom is 0.110 e. The minimum Gasteiger partial charge on any atom is -0.306 e. The molecule has 0 saturated heterocycles. The van der Waals surface area contributed by atoms with Gasteiger partial charge in [0.15, 0.2) is 0 Å². The molecule has 1 unspecified atom stereocenters.